The van der Waals surface area contributed by atoms with Crippen LogP contribution in [0.5, 0.6) is 0 Å². The van der Waals surface area contributed by atoms with Crippen LogP contribution in [0.4, 0.5) is 4.39 Å². The molecular weight excluding hydrogens is 403 g/mol. The van der Waals surface area contributed by atoms with Crippen LogP contribution in [-0.2, 0) is 16.1 Å². The fourth-order valence-corrected chi connectivity index (χ4v) is 4.85. The van der Waals surface area contributed by atoms with Gasteiger partial charge in [0.2, 0.25) is 5.91 Å². The smallest absolute Gasteiger partial charge is 0.250 e. The Hall–Kier alpha value is -2.40. The van der Waals surface area contributed by atoms with Gasteiger partial charge in [0, 0.05) is 17.6 Å². The van der Waals surface area contributed by atoms with Gasteiger partial charge in [-0.3, -0.25) is 9.59 Å². The van der Waals surface area contributed by atoms with E-state index in [0.717, 1.165) is 30.4 Å². The zero-order valence-corrected chi connectivity index (χ0v) is 17.8. The van der Waals surface area contributed by atoms with Crippen molar-refractivity contribution in [3.63, 3.8) is 0 Å². The minimum Gasteiger partial charge on any atom is -0.328 e. The molecule has 2 aliphatic rings. The first kappa shape index (κ1) is 20.9. The molecule has 6 heteroatoms. The molecule has 0 unspecified atom stereocenters. The molecule has 1 aliphatic heterocycles. The predicted octanol–water partition coefficient (Wildman–Crippen LogP) is 4.97. The lowest BCUT2D eigenvalue weighted by molar-refractivity contribution is -0.161. The molecule has 4 nitrogen and oxygen atoms in total. The molecule has 158 valence electrons. The van der Waals surface area contributed by atoms with Crippen molar-refractivity contribution in [3.8, 4) is 0 Å². The molecule has 0 spiro atoms. The minimum atomic E-state index is -0.706. The summed E-state index contributed by atoms with van der Waals surface area (Å²) in [5.74, 6) is -0.0778. The lowest BCUT2D eigenvalue weighted by Crippen LogP contribution is -2.59. The number of rotatable bonds is 4. The van der Waals surface area contributed by atoms with Crippen molar-refractivity contribution in [3.05, 3.63) is 70.5 Å². The highest BCUT2D eigenvalue weighted by Gasteiger charge is 2.44. The Morgan fingerprint density at radius 2 is 1.67 bits per heavy atom. The van der Waals surface area contributed by atoms with Crippen LogP contribution in [0.15, 0.2) is 48.5 Å². The standard InChI is InChI=1S/C24H26ClFN2O2/c1-16-4-2-3-5-21(16)27-15-22(29)28(14-17-6-12-20(26)13-7-17)23(24(27)30)18-8-10-19(25)11-9-18/h6-13,16,21,23H,2-5,14-15H2,1H3/t16-,21-,23-/m1/s1. The van der Waals surface area contributed by atoms with Gasteiger partial charge in [0.05, 0.1) is 0 Å². The Labute approximate surface area is 181 Å². The van der Waals surface area contributed by atoms with E-state index in [1.54, 1.807) is 34.1 Å². The van der Waals surface area contributed by atoms with E-state index in [4.69, 9.17) is 11.6 Å². The van der Waals surface area contributed by atoms with Crippen LogP contribution in [0.1, 0.15) is 49.8 Å². The molecule has 30 heavy (non-hydrogen) atoms. The second-order valence-corrected chi connectivity index (χ2v) is 8.83. The van der Waals surface area contributed by atoms with Gasteiger partial charge in [-0.1, -0.05) is 55.6 Å². The molecule has 3 atom stereocenters. The summed E-state index contributed by atoms with van der Waals surface area (Å²) in [6.45, 7) is 2.52. The SMILES string of the molecule is C[C@@H]1CCCC[C@H]1N1CC(=O)N(Cc2ccc(F)cc2)[C@H](c2ccc(Cl)cc2)C1=O. The normalized spacial score (nSPS) is 25.0. The lowest BCUT2D eigenvalue weighted by Gasteiger charge is -2.46. The van der Waals surface area contributed by atoms with Gasteiger partial charge in [-0.2, -0.15) is 0 Å². The van der Waals surface area contributed by atoms with E-state index in [-0.39, 0.29) is 36.8 Å². The van der Waals surface area contributed by atoms with Crippen LogP contribution >= 0.6 is 11.6 Å². The van der Waals surface area contributed by atoms with E-state index in [0.29, 0.717) is 10.9 Å². The third-order valence-corrected chi connectivity index (χ3v) is 6.63. The minimum absolute atomic E-state index is 0.0437. The summed E-state index contributed by atoms with van der Waals surface area (Å²) in [4.78, 5) is 30.4. The van der Waals surface area contributed by atoms with Crippen molar-refractivity contribution < 1.29 is 14.0 Å². The van der Waals surface area contributed by atoms with Crippen LogP contribution in [0, 0.1) is 11.7 Å². The van der Waals surface area contributed by atoms with Crippen LogP contribution in [0.2, 0.25) is 5.02 Å². The summed E-state index contributed by atoms with van der Waals surface area (Å²) in [5.41, 5.74) is 1.53. The fourth-order valence-electron chi connectivity index (χ4n) is 4.72. The van der Waals surface area contributed by atoms with Gasteiger partial charge in [0.15, 0.2) is 0 Å². The maximum Gasteiger partial charge on any atom is 0.250 e. The van der Waals surface area contributed by atoms with Crippen molar-refractivity contribution in [2.45, 2.75) is 51.2 Å². The molecule has 2 fully saturated rings. The molecule has 1 aliphatic carbocycles. The third-order valence-electron chi connectivity index (χ3n) is 6.37. The molecule has 0 radical (unpaired) electrons. The Morgan fingerprint density at radius 3 is 2.33 bits per heavy atom. The van der Waals surface area contributed by atoms with Crippen molar-refractivity contribution in [1.29, 1.82) is 0 Å². The predicted molar refractivity (Wildman–Crippen MR) is 114 cm³/mol. The summed E-state index contributed by atoms with van der Waals surface area (Å²) in [7, 11) is 0. The maximum absolute atomic E-state index is 13.7. The van der Waals surface area contributed by atoms with Crippen LogP contribution < -0.4 is 0 Å². The van der Waals surface area contributed by atoms with Gasteiger partial charge in [-0.15, -0.1) is 0 Å². The van der Waals surface area contributed by atoms with E-state index in [1.807, 2.05) is 12.1 Å². The Kier molecular flexibility index (Phi) is 6.09. The molecule has 1 saturated heterocycles. The largest absolute Gasteiger partial charge is 0.328 e. The first-order valence-corrected chi connectivity index (χ1v) is 10.9. The number of hydrogen-bond acceptors (Lipinski definition) is 2. The van der Waals surface area contributed by atoms with Gasteiger partial charge in [-0.05, 0) is 54.2 Å². The molecule has 1 heterocycles. The van der Waals surface area contributed by atoms with Crippen molar-refractivity contribution in [2.24, 2.45) is 5.92 Å². The maximum atomic E-state index is 13.7. The zero-order chi connectivity index (χ0) is 21.3. The molecule has 2 aromatic carbocycles. The van der Waals surface area contributed by atoms with Gasteiger partial charge >= 0.3 is 0 Å². The highest BCUT2D eigenvalue weighted by atomic mass is 35.5. The number of halogens is 2. The Morgan fingerprint density at radius 1 is 1.00 bits per heavy atom. The van der Waals surface area contributed by atoms with E-state index in [2.05, 4.69) is 6.92 Å². The number of benzene rings is 2. The molecule has 0 bridgehead atoms. The van der Waals surface area contributed by atoms with E-state index in [1.165, 1.54) is 18.6 Å². The van der Waals surface area contributed by atoms with Gasteiger partial charge < -0.3 is 9.80 Å². The first-order valence-electron chi connectivity index (χ1n) is 10.5. The molecule has 2 amide bonds. The molecular formula is C24H26ClFN2O2. The number of carbonyl (C=O) groups excluding carboxylic acids is 2. The summed E-state index contributed by atoms with van der Waals surface area (Å²) >= 11 is 6.05. The second-order valence-electron chi connectivity index (χ2n) is 8.40. The lowest BCUT2D eigenvalue weighted by atomic mass is 9.83. The van der Waals surface area contributed by atoms with Crippen molar-refractivity contribution >= 4 is 23.4 Å². The van der Waals surface area contributed by atoms with Crippen molar-refractivity contribution in [1.82, 2.24) is 9.80 Å². The molecule has 2 aromatic rings. The summed E-state index contributed by atoms with van der Waals surface area (Å²) < 4.78 is 13.3. The van der Waals surface area contributed by atoms with Gasteiger partial charge in [0.25, 0.3) is 5.91 Å². The Balaban J connectivity index is 1.68. The average Bonchev–Trinajstić information content (AvgIpc) is 2.74. The molecule has 0 aromatic heterocycles. The highest BCUT2D eigenvalue weighted by Crippen LogP contribution is 2.35. The number of piperazine rings is 1. The molecule has 0 N–H and O–H groups in total. The summed E-state index contributed by atoms with van der Waals surface area (Å²) in [6, 6.07) is 12.6. The highest BCUT2D eigenvalue weighted by molar-refractivity contribution is 6.30. The van der Waals surface area contributed by atoms with E-state index in [9.17, 15) is 14.0 Å². The van der Waals surface area contributed by atoms with Gasteiger partial charge in [-0.25, -0.2) is 4.39 Å². The first-order chi connectivity index (χ1) is 14.4. The number of carbonyl (C=O) groups is 2. The second kappa shape index (κ2) is 8.76. The fraction of sp³-hybridized carbons (Fsp3) is 0.417. The molecule has 1 saturated carbocycles. The molecule has 4 rings (SSSR count). The third kappa shape index (κ3) is 4.22. The van der Waals surface area contributed by atoms with E-state index >= 15 is 0 Å². The number of hydrogen-bond donors (Lipinski definition) is 0. The average molecular weight is 429 g/mol. The monoisotopic (exact) mass is 428 g/mol. The van der Waals surface area contributed by atoms with Crippen LogP contribution in [-0.4, -0.2) is 34.2 Å². The summed E-state index contributed by atoms with van der Waals surface area (Å²) in [5, 5.41) is 0.580. The number of amides is 2. The van der Waals surface area contributed by atoms with E-state index < -0.39 is 6.04 Å². The van der Waals surface area contributed by atoms with Crippen LogP contribution in [0.3, 0.4) is 0 Å². The summed E-state index contributed by atoms with van der Waals surface area (Å²) in [6.07, 6.45) is 4.27. The van der Waals surface area contributed by atoms with Crippen molar-refractivity contribution in [2.75, 3.05) is 6.54 Å². The Bertz CT molecular complexity index is 916. The zero-order valence-electron chi connectivity index (χ0n) is 17.1. The topological polar surface area (TPSA) is 40.6 Å². The van der Waals surface area contributed by atoms with Crippen LogP contribution in [0.25, 0.3) is 0 Å². The number of nitrogens with zero attached hydrogens (tertiary/aromatic N) is 2. The quantitative estimate of drug-likeness (QED) is 0.689. The van der Waals surface area contributed by atoms with Gasteiger partial charge in [0.1, 0.15) is 18.4 Å².